The second-order valence-corrected chi connectivity index (χ2v) is 8.94. The zero-order valence-electron chi connectivity index (χ0n) is 17.8. The molecule has 0 spiro atoms. The Balaban J connectivity index is 2.08. The average molecular weight is 428 g/mol. The molecular formula is C25H23F3O3. The van der Waals surface area contributed by atoms with Crippen molar-refractivity contribution >= 4 is 16.5 Å². The molecule has 3 aromatic rings. The molecule has 162 valence electrons. The van der Waals surface area contributed by atoms with Gasteiger partial charge in [-0.25, -0.2) is 4.79 Å². The molecule has 0 saturated carbocycles. The van der Waals surface area contributed by atoms with Crippen LogP contribution < -0.4 is 5.63 Å². The van der Waals surface area contributed by atoms with Gasteiger partial charge in [0, 0.05) is 10.9 Å². The van der Waals surface area contributed by atoms with Crippen molar-refractivity contribution in [3.63, 3.8) is 0 Å². The summed E-state index contributed by atoms with van der Waals surface area (Å²) in [5.74, 6) is 0. The van der Waals surface area contributed by atoms with Crippen LogP contribution in [0, 0.1) is 17.5 Å². The Morgan fingerprint density at radius 3 is 2.39 bits per heavy atom. The third-order valence-electron chi connectivity index (χ3n) is 5.15. The molecule has 0 unspecified atom stereocenters. The second kappa shape index (κ2) is 7.58. The summed E-state index contributed by atoms with van der Waals surface area (Å²) in [5.41, 5.74) is -2.08. The maximum atomic E-state index is 13.3. The summed E-state index contributed by atoms with van der Waals surface area (Å²) in [5, 5.41) is 10.7. The van der Waals surface area contributed by atoms with Gasteiger partial charge in [0.15, 0.2) is 0 Å². The van der Waals surface area contributed by atoms with Gasteiger partial charge in [0.25, 0.3) is 0 Å². The number of alkyl halides is 3. The number of benzene rings is 1. The van der Waals surface area contributed by atoms with Crippen molar-refractivity contribution in [2.24, 2.45) is 5.41 Å². The van der Waals surface area contributed by atoms with Crippen molar-refractivity contribution in [3.8, 4) is 11.1 Å². The van der Waals surface area contributed by atoms with Crippen molar-refractivity contribution in [1.82, 2.24) is 0 Å². The van der Waals surface area contributed by atoms with Crippen LogP contribution >= 0.6 is 0 Å². The summed E-state index contributed by atoms with van der Waals surface area (Å²) in [6.07, 6.45) is -4.22. The van der Waals surface area contributed by atoms with E-state index in [2.05, 4.69) is 12.6 Å². The Kier molecular flexibility index (Phi) is 5.54. The van der Waals surface area contributed by atoms with E-state index in [1.807, 2.05) is 19.9 Å². The van der Waals surface area contributed by atoms with Crippen LogP contribution in [0.1, 0.15) is 45.2 Å². The first-order valence-electron chi connectivity index (χ1n) is 9.69. The smallest absolute Gasteiger partial charge is 0.422 e. The first-order valence-corrected chi connectivity index (χ1v) is 9.69. The van der Waals surface area contributed by atoms with Gasteiger partial charge in [0.1, 0.15) is 11.1 Å². The monoisotopic (exact) mass is 428 g/mol. The molecule has 1 heterocycles. The highest BCUT2D eigenvalue weighted by molar-refractivity contribution is 5.85. The molecule has 3 nitrogen and oxygen atoms in total. The Hall–Kier alpha value is -3.04. The number of hydrogen-bond acceptors (Lipinski definition) is 3. The van der Waals surface area contributed by atoms with Crippen LogP contribution in [-0.4, -0.2) is 10.7 Å². The lowest BCUT2D eigenvalue weighted by molar-refractivity contribution is -0.137. The Bertz CT molecular complexity index is 1200. The van der Waals surface area contributed by atoms with Crippen LogP contribution in [0.2, 0.25) is 0 Å². The van der Waals surface area contributed by atoms with E-state index in [-0.39, 0.29) is 16.7 Å². The van der Waals surface area contributed by atoms with E-state index < -0.39 is 28.4 Å². The van der Waals surface area contributed by atoms with E-state index in [1.165, 1.54) is 18.2 Å². The molecule has 0 saturated heterocycles. The zero-order chi connectivity index (χ0) is 23.2. The highest BCUT2D eigenvalue weighted by Gasteiger charge is 2.35. The van der Waals surface area contributed by atoms with Crippen LogP contribution in [0.25, 0.3) is 27.7 Å². The van der Waals surface area contributed by atoms with Gasteiger partial charge in [-0.2, -0.15) is 13.2 Å². The third-order valence-corrected chi connectivity index (χ3v) is 5.15. The third kappa shape index (κ3) is 4.83. The average Bonchev–Trinajstić information content (AvgIpc) is 2.64. The summed E-state index contributed by atoms with van der Waals surface area (Å²) in [6, 6.07) is 13.2. The van der Waals surface area contributed by atoms with E-state index in [0.29, 0.717) is 11.8 Å². The first kappa shape index (κ1) is 22.6. The molecule has 1 N–H and O–H groups in total. The lowest BCUT2D eigenvalue weighted by Gasteiger charge is -2.33. The van der Waals surface area contributed by atoms with Gasteiger partial charge in [0.05, 0.1) is 11.2 Å². The minimum absolute atomic E-state index is 0.195. The molecule has 0 aliphatic carbocycles. The van der Waals surface area contributed by atoms with Gasteiger partial charge in [-0.15, -0.1) is 0 Å². The van der Waals surface area contributed by atoms with Crippen molar-refractivity contribution in [2.45, 2.75) is 45.9 Å². The maximum Gasteiger partial charge on any atom is 0.424 e. The van der Waals surface area contributed by atoms with Crippen LogP contribution in [0.4, 0.5) is 13.2 Å². The highest BCUT2D eigenvalue weighted by Crippen LogP contribution is 2.41. The summed E-state index contributed by atoms with van der Waals surface area (Å²) in [4.78, 5) is 12.6. The number of rotatable bonds is 5. The van der Waals surface area contributed by atoms with Gasteiger partial charge in [-0.3, -0.25) is 0 Å². The predicted molar refractivity (Wildman–Crippen MR) is 114 cm³/mol. The molecular weight excluding hydrogens is 405 g/mol. The molecule has 0 aliphatic heterocycles. The molecule has 0 radical (unpaired) electrons. The Labute approximate surface area is 178 Å². The lowest BCUT2D eigenvalue weighted by atomic mass is 9.74. The quantitative estimate of drug-likeness (QED) is 0.487. The summed E-state index contributed by atoms with van der Waals surface area (Å²) in [7, 11) is 0. The fourth-order valence-corrected chi connectivity index (χ4v) is 3.90. The maximum absolute atomic E-state index is 13.3. The number of hydrogen-bond donors (Lipinski definition) is 1. The summed E-state index contributed by atoms with van der Waals surface area (Å²) < 4.78 is 45.4. The Morgan fingerprint density at radius 2 is 1.77 bits per heavy atom. The standard InChI is InChI=1S/C25H23F3O3/c1-15(23(2,3)14-24(4,5)30)16-10-11-17-12-19(22(29)31-21(17)13-16)18-8-6-7-9-20(18)25(26,27)28/h6,8,10-13,30H,1,14H2,2-5H3. The van der Waals surface area contributed by atoms with Gasteiger partial charge < -0.3 is 9.52 Å². The van der Waals surface area contributed by atoms with Gasteiger partial charge >= 0.3 is 11.8 Å². The summed E-state index contributed by atoms with van der Waals surface area (Å²) in [6.45, 7) is 11.5. The minimum atomic E-state index is -4.68. The molecule has 0 amide bonds. The molecule has 1 aromatic heterocycles. The molecule has 6 heteroatoms. The second-order valence-electron chi connectivity index (χ2n) is 8.94. The van der Waals surface area contributed by atoms with Crippen molar-refractivity contribution in [3.05, 3.63) is 76.7 Å². The molecule has 0 atom stereocenters. The van der Waals surface area contributed by atoms with E-state index in [4.69, 9.17) is 4.42 Å². The van der Waals surface area contributed by atoms with E-state index >= 15 is 0 Å². The van der Waals surface area contributed by atoms with E-state index in [0.717, 1.165) is 11.1 Å². The van der Waals surface area contributed by atoms with Crippen molar-refractivity contribution in [2.75, 3.05) is 0 Å². The van der Waals surface area contributed by atoms with Crippen molar-refractivity contribution < 1.29 is 22.7 Å². The molecule has 0 fully saturated rings. The minimum Gasteiger partial charge on any atom is -0.422 e. The Morgan fingerprint density at radius 1 is 1.10 bits per heavy atom. The highest BCUT2D eigenvalue weighted by atomic mass is 19.4. The fourth-order valence-electron chi connectivity index (χ4n) is 3.90. The van der Waals surface area contributed by atoms with E-state index in [1.54, 1.807) is 32.0 Å². The largest absolute Gasteiger partial charge is 0.424 e. The van der Waals surface area contributed by atoms with Crippen molar-refractivity contribution in [1.29, 1.82) is 0 Å². The molecule has 0 aliphatic rings. The number of allylic oxidation sites excluding steroid dienone is 1. The molecule has 2 aromatic carbocycles. The van der Waals surface area contributed by atoms with Crippen LogP contribution in [0.3, 0.4) is 0 Å². The van der Waals surface area contributed by atoms with Gasteiger partial charge in [-0.05, 0) is 61.1 Å². The normalized spacial score (nSPS) is 12.6. The van der Waals surface area contributed by atoms with E-state index in [9.17, 15) is 23.1 Å². The molecule has 0 bridgehead atoms. The fraction of sp³-hybridized carbons (Fsp3) is 0.320. The zero-order valence-corrected chi connectivity index (χ0v) is 17.8. The summed E-state index contributed by atoms with van der Waals surface area (Å²) >= 11 is 0. The number of halogens is 3. The van der Waals surface area contributed by atoms with Crippen LogP contribution in [0.5, 0.6) is 0 Å². The van der Waals surface area contributed by atoms with Gasteiger partial charge in [-0.1, -0.05) is 44.7 Å². The topological polar surface area (TPSA) is 50.4 Å². The molecule has 3 rings (SSSR count). The molecule has 31 heavy (non-hydrogen) atoms. The predicted octanol–water partition coefficient (Wildman–Crippen LogP) is 6.28. The SMILES string of the molecule is C=C(c1ccc2cc(-c3ccc#cc3C(F)(F)F)c(=O)oc2c1)C(C)(C)CC(C)(C)O. The number of aliphatic hydroxyl groups is 1. The van der Waals surface area contributed by atoms with Gasteiger partial charge in [0.2, 0.25) is 0 Å². The van der Waals surface area contributed by atoms with Crippen LogP contribution in [-0.2, 0) is 6.18 Å². The number of fused-ring (bicyclic) bond motifs is 1. The lowest BCUT2D eigenvalue weighted by Crippen LogP contribution is -2.28. The van der Waals surface area contributed by atoms with Crippen LogP contribution in [0.15, 0.2) is 52.2 Å². The first-order chi connectivity index (χ1) is 14.2.